The van der Waals surface area contributed by atoms with Crippen LogP contribution in [0, 0.1) is 5.92 Å². The second-order valence-electron chi connectivity index (χ2n) is 6.48. The number of methoxy groups -OCH3 is 2. The Morgan fingerprint density at radius 3 is 2.52 bits per heavy atom. The van der Waals surface area contributed by atoms with Gasteiger partial charge < -0.3 is 19.7 Å². The van der Waals surface area contributed by atoms with Crippen molar-refractivity contribution in [3.63, 3.8) is 0 Å². The number of aryl methyl sites for hydroxylation is 1. The van der Waals surface area contributed by atoms with E-state index in [0.717, 1.165) is 12.1 Å². The average molecular weight is 368 g/mol. The summed E-state index contributed by atoms with van der Waals surface area (Å²) in [6, 6.07) is 13.0. The molecule has 1 N–H and O–H groups in total. The number of ether oxygens (including phenoxy) is 2. The van der Waals surface area contributed by atoms with Gasteiger partial charge in [-0.3, -0.25) is 9.59 Å². The molecule has 0 spiro atoms. The van der Waals surface area contributed by atoms with Crippen molar-refractivity contribution in [2.45, 2.75) is 19.8 Å². The smallest absolute Gasteiger partial charge is 0.229 e. The summed E-state index contributed by atoms with van der Waals surface area (Å²) in [7, 11) is 3.12. The Morgan fingerprint density at radius 1 is 1.15 bits per heavy atom. The van der Waals surface area contributed by atoms with Gasteiger partial charge in [0.1, 0.15) is 11.5 Å². The van der Waals surface area contributed by atoms with Crippen molar-refractivity contribution in [2.24, 2.45) is 5.92 Å². The van der Waals surface area contributed by atoms with Gasteiger partial charge in [-0.05, 0) is 36.2 Å². The molecule has 6 nitrogen and oxygen atoms in total. The third-order valence-electron chi connectivity index (χ3n) is 4.80. The lowest BCUT2D eigenvalue weighted by Crippen LogP contribution is -2.28. The highest BCUT2D eigenvalue weighted by Gasteiger charge is 2.36. The zero-order valence-corrected chi connectivity index (χ0v) is 15.8. The van der Waals surface area contributed by atoms with Gasteiger partial charge in [0.15, 0.2) is 0 Å². The standard InChI is InChI=1S/C21H24N2O4/c1-4-14-5-7-16(8-6-14)22-21(25)15-11-20(24)23(13-15)18-12-17(26-2)9-10-19(18)27-3/h5-10,12,15H,4,11,13H2,1-3H3,(H,22,25). The molecule has 1 atom stereocenters. The number of hydrogen-bond donors (Lipinski definition) is 1. The molecule has 2 amide bonds. The van der Waals surface area contributed by atoms with Gasteiger partial charge in [0.05, 0.1) is 25.8 Å². The molecule has 1 aliphatic heterocycles. The van der Waals surface area contributed by atoms with Crippen molar-refractivity contribution in [3.8, 4) is 11.5 Å². The first-order valence-electron chi connectivity index (χ1n) is 8.98. The number of carbonyl (C=O) groups is 2. The Bertz CT molecular complexity index is 833. The van der Waals surface area contributed by atoms with Crippen LogP contribution in [-0.2, 0) is 16.0 Å². The molecular weight excluding hydrogens is 344 g/mol. The van der Waals surface area contributed by atoms with Crippen LogP contribution in [0.2, 0.25) is 0 Å². The van der Waals surface area contributed by atoms with Crippen molar-refractivity contribution in [1.29, 1.82) is 0 Å². The second-order valence-corrected chi connectivity index (χ2v) is 6.48. The van der Waals surface area contributed by atoms with E-state index >= 15 is 0 Å². The van der Waals surface area contributed by atoms with Gasteiger partial charge in [0.25, 0.3) is 0 Å². The van der Waals surface area contributed by atoms with Crippen LogP contribution in [0.15, 0.2) is 42.5 Å². The van der Waals surface area contributed by atoms with Crippen molar-refractivity contribution in [2.75, 3.05) is 31.0 Å². The van der Waals surface area contributed by atoms with E-state index in [-0.39, 0.29) is 18.2 Å². The minimum atomic E-state index is -0.417. The molecule has 1 aliphatic rings. The van der Waals surface area contributed by atoms with Gasteiger partial charge in [-0.1, -0.05) is 19.1 Å². The Morgan fingerprint density at radius 2 is 1.89 bits per heavy atom. The van der Waals surface area contributed by atoms with Crippen molar-refractivity contribution in [3.05, 3.63) is 48.0 Å². The molecule has 0 aliphatic carbocycles. The van der Waals surface area contributed by atoms with Crippen molar-refractivity contribution >= 4 is 23.2 Å². The molecule has 1 heterocycles. The highest BCUT2D eigenvalue weighted by Crippen LogP contribution is 2.36. The number of anilines is 2. The fourth-order valence-electron chi connectivity index (χ4n) is 3.19. The first-order chi connectivity index (χ1) is 13.0. The van der Waals surface area contributed by atoms with Gasteiger partial charge in [0.2, 0.25) is 11.8 Å². The molecule has 2 aromatic carbocycles. The maximum Gasteiger partial charge on any atom is 0.229 e. The van der Waals surface area contributed by atoms with E-state index in [1.165, 1.54) is 5.56 Å². The Kier molecular flexibility index (Phi) is 5.64. The van der Waals surface area contributed by atoms with Crippen LogP contribution < -0.4 is 19.7 Å². The highest BCUT2D eigenvalue weighted by atomic mass is 16.5. The van der Waals surface area contributed by atoms with E-state index in [2.05, 4.69) is 12.2 Å². The summed E-state index contributed by atoms with van der Waals surface area (Å²) in [4.78, 5) is 26.8. The third kappa shape index (κ3) is 4.05. The minimum absolute atomic E-state index is 0.108. The predicted molar refractivity (Wildman–Crippen MR) is 104 cm³/mol. The first kappa shape index (κ1) is 18.8. The Balaban J connectivity index is 1.74. The molecule has 3 rings (SSSR count). The van der Waals surface area contributed by atoms with Crippen LogP contribution in [0.1, 0.15) is 18.9 Å². The number of amides is 2. The Labute approximate surface area is 159 Å². The zero-order chi connectivity index (χ0) is 19.4. The SMILES string of the molecule is CCc1ccc(NC(=O)C2CC(=O)N(c3cc(OC)ccc3OC)C2)cc1. The van der Waals surface area contributed by atoms with E-state index in [0.29, 0.717) is 23.7 Å². The highest BCUT2D eigenvalue weighted by molar-refractivity contribution is 6.04. The summed E-state index contributed by atoms with van der Waals surface area (Å²) < 4.78 is 10.6. The topological polar surface area (TPSA) is 67.9 Å². The quantitative estimate of drug-likeness (QED) is 0.850. The normalized spacial score (nSPS) is 16.3. The zero-order valence-electron chi connectivity index (χ0n) is 15.8. The largest absolute Gasteiger partial charge is 0.497 e. The number of benzene rings is 2. The molecule has 0 bridgehead atoms. The minimum Gasteiger partial charge on any atom is -0.497 e. The number of carbonyl (C=O) groups excluding carboxylic acids is 2. The summed E-state index contributed by atoms with van der Waals surface area (Å²) >= 11 is 0. The lowest BCUT2D eigenvalue weighted by molar-refractivity contribution is -0.122. The molecule has 0 radical (unpaired) electrons. The molecule has 0 aromatic heterocycles. The molecule has 2 aromatic rings. The van der Waals surface area contributed by atoms with Gasteiger partial charge in [0, 0.05) is 24.7 Å². The lowest BCUT2D eigenvalue weighted by Gasteiger charge is -2.20. The van der Waals surface area contributed by atoms with E-state index in [4.69, 9.17) is 9.47 Å². The predicted octanol–water partition coefficient (Wildman–Crippen LogP) is 3.26. The number of nitrogens with zero attached hydrogens (tertiary/aromatic N) is 1. The van der Waals surface area contributed by atoms with Gasteiger partial charge in [-0.15, -0.1) is 0 Å². The molecule has 1 saturated heterocycles. The fraction of sp³-hybridized carbons (Fsp3) is 0.333. The van der Waals surface area contributed by atoms with Crippen LogP contribution in [0.5, 0.6) is 11.5 Å². The number of rotatable bonds is 6. The molecule has 1 fully saturated rings. The number of nitrogens with one attached hydrogen (secondary N) is 1. The number of hydrogen-bond acceptors (Lipinski definition) is 4. The summed E-state index contributed by atoms with van der Waals surface area (Å²) in [5, 5.41) is 2.91. The van der Waals surface area contributed by atoms with Crippen LogP contribution in [0.25, 0.3) is 0 Å². The van der Waals surface area contributed by atoms with Gasteiger partial charge >= 0.3 is 0 Å². The van der Waals surface area contributed by atoms with Gasteiger partial charge in [-0.25, -0.2) is 0 Å². The molecule has 6 heteroatoms. The molecular formula is C21H24N2O4. The molecule has 0 saturated carbocycles. The second kappa shape index (κ2) is 8.12. The van der Waals surface area contributed by atoms with E-state index in [1.807, 2.05) is 24.3 Å². The Hall–Kier alpha value is -3.02. The van der Waals surface area contributed by atoms with Crippen LogP contribution in [-0.4, -0.2) is 32.6 Å². The van der Waals surface area contributed by atoms with E-state index in [9.17, 15) is 9.59 Å². The summed E-state index contributed by atoms with van der Waals surface area (Å²) in [6.07, 6.45) is 1.11. The molecule has 27 heavy (non-hydrogen) atoms. The summed E-state index contributed by atoms with van der Waals surface area (Å²) in [5.41, 5.74) is 2.56. The lowest BCUT2D eigenvalue weighted by atomic mass is 10.1. The molecule has 142 valence electrons. The van der Waals surface area contributed by atoms with Crippen molar-refractivity contribution < 1.29 is 19.1 Å². The van der Waals surface area contributed by atoms with Crippen LogP contribution >= 0.6 is 0 Å². The summed E-state index contributed by atoms with van der Waals surface area (Å²) in [6.45, 7) is 2.39. The van der Waals surface area contributed by atoms with Gasteiger partial charge in [-0.2, -0.15) is 0 Å². The average Bonchev–Trinajstić information content (AvgIpc) is 3.09. The van der Waals surface area contributed by atoms with Crippen molar-refractivity contribution in [1.82, 2.24) is 0 Å². The maximum atomic E-state index is 12.6. The fourth-order valence-corrected chi connectivity index (χ4v) is 3.19. The monoisotopic (exact) mass is 368 g/mol. The van der Waals surface area contributed by atoms with E-state index < -0.39 is 5.92 Å². The van der Waals surface area contributed by atoms with E-state index in [1.54, 1.807) is 37.3 Å². The summed E-state index contributed by atoms with van der Waals surface area (Å²) in [5.74, 6) is 0.516. The first-order valence-corrected chi connectivity index (χ1v) is 8.98. The maximum absolute atomic E-state index is 12.6. The molecule has 1 unspecified atom stereocenters. The van der Waals surface area contributed by atoms with Crippen LogP contribution in [0.4, 0.5) is 11.4 Å². The third-order valence-corrected chi connectivity index (χ3v) is 4.80. The van der Waals surface area contributed by atoms with Crippen LogP contribution in [0.3, 0.4) is 0 Å².